The molecular weight excluding hydrogens is 266 g/mol. The second-order valence-electron chi connectivity index (χ2n) is 6.72. The highest BCUT2D eigenvalue weighted by atomic mass is 16.3. The summed E-state index contributed by atoms with van der Waals surface area (Å²) in [5.74, 6) is -0.0715. The molecule has 0 bridgehead atoms. The summed E-state index contributed by atoms with van der Waals surface area (Å²) in [5, 5.41) is 17.4. The van der Waals surface area contributed by atoms with Crippen molar-refractivity contribution in [2.75, 3.05) is 6.54 Å². The Morgan fingerprint density at radius 2 is 2.14 bits per heavy atom. The maximum absolute atomic E-state index is 12.3. The highest BCUT2D eigenvalue weighted by Crippen LogP contribution is 2.30. The maximum Gasteiger partial charge on any atom is 0.254 e. The van der Waals surface area contributed by atoms with E-state index in [9.17, 15) is 9.90 Å². The van der Waals surface area contributed by atoms with Crippen LogP contribution in [0, 0.1) is 12.8 Å². The number of hydrogen-bond acceptors (Lipinski definition) is 3. The van der Waals surface area contributed by atoms with Gasteiger partial charge in [0.1, 0.15) is 0 Å². The maximum atomic E-state index is 12.3. The quantitative estimate of drug-likeness (QED) is 0.876. The van der Waals surface area contributed by atoms with Gasteiger partial charge >= 0.3 is 0 Å². The van der Waals surface area contributed by atoms with E-state index in [4.69, 9.17) is 0 Å². The van der Waals surface area contributed by atoms with E-state index in [1.807, 2.05) is 25.5 Å². The van der Waals surface area contributed by atoms with Gasteiger partial charge in [-0.25, -0.2) is 0 Å². The molecule has 1 aliphatic rings. The summed E-state index contributed by atoms with van der Waals surface area (Å²) in [5.41, 5.74) is 0.635. The summed E-state index contributed by atoms with van der Waals surface area (Å²) in [4.78, 5) is 12.3. The molecule has 0 radical (unpaired) electrons. The normalized spacial score (nSPS) is 19.0. The molecular formula is C16H27N3O2. The molecule has 1 aromatic rings. The molecule has 1 saturated carbocycles. The van der Waals surface area contributed by atoms with E-state index < -0.39 is 5.60 Å². The predicted molar refractivity (Wildman–Crippen MR) is 82.3 cm³/mol. The second kappa shape index (κ2) is 6.18. The molecule has 1 unspecified atom stereocenters. The number of carbonyl (C=O) groups is 1. The van der Waals surface area contributed by atoms with Crippen LogP contribution in [-0.2, 0) is 0 Å². The van der Waals surface area contributed by atoms with Crippen LogP contribution in [0.25, 0.3) is 0 Å². The number of hydrogen-bond donors (Lipinski definition) is 2. The van der Waals surface area contributed by atoms with E-state index in [0.29, 0.717) is 11.6 Å². The number of amides is 1. The Hall–Kier alpha value is -1.36. The Morgan fingerprint density at radius 1 is 1.52 bits per heavy atom. The lowest BCUT2D eigenvalue weighted by molar-refractivity contribution is 0.0142. The minimum atomic E-state index is -0.898. The van der Waals surface area contributed by atoms with Crippen LogP contribution < -0.4 is 5.32 Å². The van der Waals surface area contributed by atoms with Crippen molar-refractivity contribution in [2.24, 2.45) is 5.92 Å². The third kappa shape index (κ3) is 3.46. The summed E-state index contributed by atoms with van der Waals surface area (Å²) in [6, 6.07) is 0.435. The van der Waals surface area contributed by atoms with Crippen LogP contribution in [0.4, 0.5) is 0 Å². The van der Waals surface area contributed by atoms with Gasteiger partial charge in [-0.3, -0.25) is 9.48 Å². The van der Waals surface area contributed by atoms with Gasteiger partial charge in [-0.1, -0.05) is 26.7 Å². The average molecular weight is 293 g/mol. The standard InChI is InChI=1S/C16H27N3O2/c1-11(2)16(4,21)10-17-15(20)14-9-18-19(12(14)3)13-7-5-6-8-13/h9,11,13,21H,5-8,10H2,1-4H3,(H,17,20). The molecule has 118 valence electrons. The number of aromatic nitrogens is 2. The molecule has 5 heteroatoms. The van der Waals surface area contributed by atoms with Gasteiger partial charge in [-0.05, 0) is 32.6 Å². The van der Waals surface area contributed by atoms with Gasteiger partial charge in [0.2, 0.25) is 0 Å². The highest BCUT2D eigenvalue weighted by Gasteiger charge is 2.27. The molecule has 0 aliphatic heterocycles. The van der Waals surface area contributed by atoms with Gasteiger partial charge in [0, 0.05) is 12.2 Å². The molecule has 2 N–H and O–H groups in total. The zero-order valence-electron chi connectivity index (χ0n) is 13.5. The van der Waals surface area contributed by atoms with Gasteiger partial charge in [0.05, 0.1) is 23.4 Å². The van der Waals surface area contributed by atoms with Crippen LogP contribution in [0.3, 0.4) is 0 Å². The first-order valence-electron chi connectivity index (χ1n) is 7.87. The van der Waals surface area contributed by atoms with Crippen molar-refractivity contribution < 1.29 is 9.90 Å². The fourth-order valence-electron chi connectivity index (χ4n) is 2.72. The predicted octanol–water partition coefficient (Wildman–Crippen LogP) is 2.44. The van der Waals surface area contributed by atoms with Crippen LogP contribution >= 0.6 is 0 Å². The Kier molecular flexibility index (Phi) is 4.71. The molecule has 1 amide bonds. The van der Waals surface area contributed by atoms with Gasteiger partial charge in [-0.15, -0.1) is 0 Å². The van der Waals surface area contributed by atoms with Crippen LogP contribution in [-0.4, -0.2) is 32.9 Å². The molecule has 1 heterocycles. The Bertz CT molecular complexity index is 500. The fourth-order valence-corrected chi connectivity index (χ4v) is 2.72. The molecule has 21 heavy (non-hydrogen) atoms. The topological polar surface area (TPSA) is 67.2 Å². The first-order valence-corrected chi connectivity index (χ1v) is 7.87. The average Bonchev–Trinajstić information content (AvgIpc) is 3.04. The van der Waals surface area contributed by atoms with E-state index in [1.165, 1.54) is 12.8 Å². The summed E-state index contributed by atoms with van der Waals surface area (Å²) in [6.45, 7) is 7.82. The molecule has 0 saturated heterocycles. The SMILES string of the molecule is Cc1c(C(=O)NCC(C)(O)C(C)C)cnn1C1CCCC1. The minimum absolute atomic E-state index is 0.0834. The van der Waals surface area contributed by atoms with Crippen LogP contribution in [0.2, 0.25) is 0 Å². The largest absolute Gasteiger partial charge is 0.388 e. The zero-order valence-corrected chi connectivity index (χ0v) is 13.5. The number of carbonyl (C=O) groups excluding carboxylic acids is 1. The monoisotopic (exact) mass is 293 g/mol. The van der Waals surface area contributed by atoms with Crippen molar-refractivity contribution in [3.63, 3.8) is 0 Å². The molecule has 2 rings (SSSR count). The number of aliphatic hydroxyl groups is 1. The molecule has 1 aliphatic carbocycles. The number of nitrogens with zero attached hydrogens (tertiary/aromatic N) is 2. The highest BCUT2D eigenvalue weighted by molar-refractivity contribution is 5.95. The molecule has 1 aromatic heterocycles. The lowest BCUT2D eigenvalue weighted by Crippen LogP contribution is -2.44. The second-order valence-corrected chi connectivity index (χ2v) is 6.72. The lowest BCUT2D eigenvalue weighted by atomic mass is 9.92. The minimum Gasteiger partial charge on any atom is -0.388 e. The number of nitrogens with one attached hydrogen (secondary N) is 1. The summed E-state index contributed by atoms with van der Waals surface area (Å²) in [7, 11) is 0. The van der Waals surface area contributed by atoms with Gasteiger partial charge in [0.15, 0.2) is 0 Å². The summed E-state index contributed by atoms with van der Waals surface area (Å²) in [6.07, 6.45) is 6.41. The van der Waals surface area contributed by atoms with E-state index in [2.05, 4.69) is 10.4 Å². The van der Waals surface area contributed by atoms with Crippen molar-refractivity contribution in [3.8, 4) is 0 Å². The van der Waals surface area contributed by atoms with Crippen molar-refractivity contribution in [3.05, 3.63) is 17.5 Å². The zero-order chi connectivity index (χ0) is 15.6. The number of rotatable bonds is 5. The molecule has 0 aromatic carbocycles. The van der Waals surface area contributed by atoms with Crippen LogP contribution in [0.1, 0.15) is 68.5 Å². The van der Waals surface area contributed by atoms with Gasteiger partial charge in [0.25, 0.3) is 5.91 Å². The van der Waals surface area contributed by atoms with Crippen molar-refractivity contribution in [1.29, 1.82) is 0 Å². The van der Waals surface area contributed by atoms with Crippen molar-refractivity contribution in [1.82, 2.24) is 15.1 Å². The van der Waals surface area contributed by atoms with Crippen LogP contribution in [0.15, 0.2) is 6.20 Å². The molecule has 5 nitrogen and oxygen atoms in total. The third-order valence-electron chi connectivity index (χ3n) is 4.81. The first-order chi connectivity index (χ1) is 9.83. The van der Waals surface area contributed by atoms with E-state index >= 15 is 0 Å². The molecule has 1 atom stereocenters. The smallest absolute Gasteiger partial charge is 0.254 e. The third-order valence-corrected chi connectivity index (χ3v) is 4.81. The van der Waals surface area contributed by atoms with Crippen LogP contribution in [0.5, 0.6) is 0 Å². The molecule has 1 fully saturated rings. The molecule has 0 spiro atoms. The van der Waals surface area contributed by atoms with Crippen molar-refractivity contribution in [2.45, 2.75) is 65.0 Å². The lowest BCUT2D eigenvalue weighted by Gasteiger charge is -2.27. The summed E-state index contributed by atoms with van der Waals surface area (Å²) >= 11 is 0. The Labute approximate surface area is 126 Å². The van der Waals surface area contributed by atoms with E-state index in [1.54, 1.807) is 13.1 Å². The Balaban J connectivity index is 2.03. The summed E-state index contributed by atoms with van der Waals surface area (Å²) < 4.78 is 1.99. The fraction of sp³-hybridized carbons (Fsp3) is 0.750. The van der Waals surface area contributed by atoms with E-state index in [-0.39, 0.29) is 18.4 Å². The van der Waals surface area contributed by atoms with Crippen molar-refractivity contribution >= 4 is 5.91 Å². The van der Waals surface area contributed by atoms with Gasteiger partial charge < -0.3 is 10.4 Å². The van der Waals surface area contributed by atoms with E-state index in [0.717, 1.165) is 18.5 Å². The van der Waals surface area contributed by atoms with Gasteiger partial charge in [-0.2, -0.15) is 5.10 Å². The first kappa shape index (κ1) is 16.0. The Morgan fingerprint density at radius 3 is 2.71 bits per heavy atom.